The Balaban J connectivity index is 0.000000605. The molecule has 5 heteroatoms. The largest absolute Gasteiger partial charge is 1.00 e. The second kappa shape index (κ2) is 3.02. The average Bonchev–Trinajstić information content (AvgIpc) is 2.27. The van der Waals surface area contributed by atoms with Crippen LogP contribution in [0.4, 0.5) is 0 Å². The lowest BCUT2D eigenvalue weighted by Gasteiger charge is -1.70. The Morgan fingerprint density at radius 1 is 1.45 bits per heavy atom. The van der Waals surface area contributed by atoms with Gasteiger partial charge in [0.25, 0.3) is 0 Å². The number of hydrogen-bond donors (Lipinski definition) is 0. The molecule has 0 fully saturated rings. The predicted octanol–water partition coefficient (Wildman–Crippen LogP) is -2.56. The lowest BCUT2D eigenvalue weighted by molar-refractivity contribution is -0.719. The Kier molecular flexibility index (Phi) is 2.26. The van der Waals surface area contributed by atoms with Crippen LogP contribution < -0.4 is 21.9 Å². The summed E-state index contributed by atoms with van der Waals surface area (Å²) in [5, 5.41) is 0. The molecule has 0 aliphatic heterocycles. The highest BCUT2D eigenvalue weighted by Gasteiger charge is 2.06. The minimum Gasteiger partial charge on any atom is -1.00 e. The van der Waals surface area contributed by atoms with Gasteiger partial charge in [-0.25, -0.2) is 4.79 Å². The van der Waals surface area contributed by atoms with E-state index in [1.807, 2.05) is 18.2 Å². The van der Waals surface area contributed by atoms with Gasteiger partial charge in [0.2, 0.25) is 6.20 Å². The summed E-state index contributed by atoms with van der Waals surface area (Å²) < 4.78 is 6.20. The third-order valence-electron chi connectivity index (χ3n) is 1.15. The number of rotatable bonds is 0. The Bertz CT molecular complexity index is 372. The summed E-state index contributed by atoms with van der Waals surface area (Å²) in [6.07, 6.45) is 1.70. The maximum Gasteiger partial charge on any atom is 0.466 e. The van der Waals surface area contributed by atoms with Crippen LogP contribution in [-0.2, 0) is 0 Å². The Morgan fingerprint density at radius 2 is 2.27 bits per heavy atom. The minimum absolute atomic E-state index is 0. The molecule has 3 nitrogen and oxygen atoms in total. The van der Waals surface area contributed by atoms with E-state index in [0.29, 0.717) is 0 Å². The standard InChI is InChI=1S/C6H4NO2S.ClH/c8-6-9-7-4-2-1-3-5(7)10-6;/h1-4H;1H/q+1;/p-1. The number of nitrogens with zero attached hydrogens (tertiary/aromatic N) is 1. The molecule has 0 N–H and O–H groups in total. The highest BCUT2D eigenvalue weighted by atomic mass is 35.5. The van der Waals surface area contributed by atoms with Crippen LogP contribution in [0.2, 0.25) is 0 Å². The highest BCUT2D eigenvalue weighted by molar-refractivity contribution is 7.14. The van der Waals surface area contributed by atoms with Crippen molar-refractivity contribution >= 4 is 16.2 Å². The van der Waals surface area contributed by atoms with E-state index in [1.54, 1.807) is 6.20 Å². The van der Waals surface area contributed by atoms with Crippen molar-refractivity contribution in [2.75, 3.05) is 0 Å². The van der Waals surface area contributed by atoms with Crippen molar-refractivity contribution in [2.45, 2.75) is 0 Å². The third-order valence-corrected chi connectivity index (χ3v) is 1.92. The van der Waals surface area contributed by atoms with Crippen LogP contribution in [0.5, 0.6) is 0 Å². The summed E-state index contributed by atoms with van der Waals surface area (Å²) in [5.41, 5.74) is 0. The molecule has 58 valence electrons. The van der Waals surface area contributed by atoms with Crippen LogP contribution in [0.1, 0.15) is 0 Å². The number of fused-ring (bicyclic) bond motifs is 1. The molecule has 0 saturated heterocycles. The normalized spacial score (nSPS) is 9.45. The zero-order valence-corrected chi connectivity index (χ0v) is 6.93. The van der Waals surface area contributed by atoms with E-state index in [9.17, 15) is 4.79 Å². The van der Waals surface area contributed by atoms with E-state index in [4.69, 9.17) is 4.52 Å². The fourth-order valence-corrected chi connectivity index (χ4v) is 1.37. The second-order valence-electron chi connectivity index (χ2n) is 1.81. The molecular weight excluding hydrogens is 186 g/mol. The quantitative estimate of drug-likeness (QED) is 0.428. The van der Waals surface area contributed by atoms with Crippen LogP contribution in [-0.4, -0.2) is 0 Å². The van der Waals surface area contributed by atoms with Gasteiger partial charge in [-0.15, -0.1) is 0 Å². The monoisotopic (exact) mass is 189 g/mol. The Labute approximate surface area is 72.3 Å². The van der Waals surface area contributed by atoms with Crippen LogP contribution >= 0.6 is 11.3 Å². The van der Waals surface area contributed by atoms with Crippen molar-refractivity contribution in [3.63, 3.8) is 0 Å². The van der Waals surface area contributed by atoms with Gasteiger partial charge in [-0.1, -0.05) is 0 Å². The minimum atomic E-state index is -0.272. The molecule has 0 amide bonds. The van der Waals surface area contributed by atoms with E-state index in [0.717, 1.165) is 16.2 Å². The summed E-state index contributed by atoms with van der Waals surface area (Å²) in [4.78, 5) is 11.2. The highest BCUT2D eigenvalue weighted by Crippen LogP contribution is 1.96. The first-order valence-corrected chi connectivity index (χ1v) is 3.59. The van der Waals surface area contributed by atoms with Crippen molar-refractivity contribution in [1.82, 2.24) is 0 Å². The third kappa shape index (κ3) is 1.41. The van der Waals surface area contributed by atoms with Crippen LogP contribution in [0.15, 0.2) is 33.7 Å². The lowest BCUT2D eigenvalue weighted by Crippen LogP contribution is -3.00. The number of halogens is 1. The van der Waals surface area contributed by atoms with Gasteiger partial charge in [-0.2, -0.15) is 4.52 Å². The molecule has 0 bridgehead atoms. The van der Waals surface area contributed by atoms with E-state index >= 15 is 0 Å². The maximum atomic E-state index is 10.6. The predicted molar refractivity (Wildman–Crippen MR) is 36.0 cm³/mol. The van der Waals surface area contributed by atoms with E-state index in [-0.39, 0.29) is 17.3 Å². The van der Waals surface area contributed by atoms with Crippen molar-refractivity contribution in [3.8, 4) is 0 Å². The molecular formula is C6H4ClNO2S. The first kappa shape index (κ1) is 8.23. The Morgan fingerprint density at radius 3 is 3.00 bits per heavy atom. The van der Waals surface area contributed by atoms with Crippen molar-refractivity contribution in [2.24, 2.45) is 0 Å². The molecule has 2 aromatic rings. The van der Waals surface area contributed by atoms with Gasteiger partial charge in [-0.3, -0.25) is 0 Å². The van der Waals surface area contributed by atoms with Crippen molar-refractivity contribution in [3.05, 3.63) is 34.1 Å². The molecule has 0 radical (unpaired) electrons. The molecule has 0 saturated carbocycles. The molecule has 0 unspecified atom stereocenters. The molecule has 0 aliphatic rings. The van der Waals surface area contributed by atoms with Crippen LogP contribution in [0, 0.1) is 0 Å². The maximum absolute atomic E-state index is 10.6. The number of aromatic nitrogens is 1. The smallest absolute Gasteiger partial charge is 0.466 e. The Hall–Kier alpha value is -0.870. The summed E-state index contributed by atoms with van der Waals surface area (Å²) in [5.74, 6) is 0. The number of hydrogen-bond acceptors (Lipinski definition) is 3. The van der Waals surface area contributed by atoms with Gasteiger partial charge >= 0.3 is 9.77 Å². The topological polar surface area (TPSA) is 34.3 Å². The van der Waals surface area contributed by atoms with Gasteiger partial charge in [0.15, 0.2) is 0 Å². The first-order valence-electron chi connectivity index (χ1n) is 2.77. The first-order chi connectivity index (χ1) is 4.86. The molecule has 0 aliphatic carbocycles. The van der Waals surface area contributed by atoms with E-state index < -0.39 is 0 Å². The van der Waals surface area contributed by atoms with Crippen molar-refractivity contribution in [1.29, 1.82) is 0 Å². The van der Waals surface area contributed by atoms with Gasteiger partial charge in [0, 0.05) is 28.0 Å². The average molecular weight is 190 g/mol. The lowest BCUT2D eigenvalue weighted by atomic mass is 10.5. The van der Waals surface area contributed by atoms with Crippen LogP contribution in [0.3, 0.4) is 0 Å². The number of pyridine rings is 1. The van der Waals surface area contributed by atoms with Gasteiger partial charge in [0.1, 0.15) is 0 Å². The second-order valence-corrected chi connectivity index (χ2v) is 2.76. The molecule has 0 atom stereocenters. The molecule has 2 heterocycles. The van der Waals surface area contributed by atoms with Crippen LogP contribution in [0.25, 0.3) is 4.83 Å². The molecule has 0 spiro atoms. The molecule has 0 aromatic carbocycles. The van der Waals surface area contributed by atoms with E-state index in [1.165, 1.54) is 4.57 Å². The summed E-state index contributed by atoms with van der Waals surface area (Å²) in [6, 6.07) is 5.50. The van der Waals surface area contributed by atoms with Gasteiger partial charge < -0.3 is 12.4 Å². The zero-order chi connectivity index (χ0) is 6.97. The summed E-state index contributed by atoms with van der Waals surface area (Å²) in [6.45, 7) is 0. The molecule has 2 rings (SSSR count). The zero-order valence-electron chi connectivity index (χ0n) is 5.36. The fraction of sp³-hybridized carbons (Fsp3) is 0. The molecule has 2 aromatic heterocycles. The summed E-state index contributed by atoms with van der Waals surface area (Å²) >= 11 is 1.09. The van der Waals surface area contributed by atoms with Gasteiger partial charge in [-0.05, 0) is 6.07 Å². The van der Waals surface area contributed by atoms with Crippen molar-refractivity contribution < 1.29 is 21.5 Å². The van der Waals surface area contributed by atoms with Gasteiger partial charge in [0.05, 0.1) is 0 Å². The SMILES string of the molecule is O=c1o[n+]2ccccc2s1.[Cl-]. The fourth-order valence-electron chi connectivity index (χ4n) is 0.751. The summed E-state index contributed by atoms with van der Waals surface area (Å²) in [7, 11) is 0. The van der Waals surface area contributed by atoms with E-state index in [2.05, 4.69) is 0 Å². The molecule has 11 heavy (non-hydrogen) atoms.